The van der Waals surface area contributed by atoms with Gasteiger partial charge in [0, 0.05) is 32.7 Å². The van der Waals surface area contributed by atoms with Crippen LogP contribution in [0.15, 0.2) is 48.5 Å². The molecule has 1 aromatic heterocycles. The van der Waals surface area contributed by atoms with E-state index < -0.39 is 0 Å². The van der Waals surface area contributed by atoms with Gasteiger partial charge in [-0.1, -0.05) is 50.2 Å². The molecule has 1 atom stereocenters. The first-order valence-electron chi connectivity index (χ1n) is 11.3. The zero-order valence-corrected chi connectivity index (χ0v) is 18.7. The second-order valence-corrected chi connectivity index (χ2v) is 8.87. The molecular weight excluding hydrogens is 404 g/mol. The fraction of sp³-hybridized carbons (Fsp3) is 0.458. The zero-order valence-electron chi connectivity index (χ0n) is 18.7. The number of benzene rings is 2. The van der Waals surface area contributed by atoms with Crippen molar-refractivity contribution in [2.75, 3.05) is 33.0 Å². The highest BCUT2D eigenvalue weighted by molar-refractivity contribution is 5.44. The Hall–Kier alpha value is -2.97. The molecule has 0 bridgehead atoms. The van der Waals surface area contributed by atoms with Crippen LogP contribution in [-0.2, 0) is 13.1 Å². The van der Waals surface area contributed by atoms with Gasteiger partial charge in [-0.05, 0) is 39.6 Å². The minimum atomic E-state index is 0.179. The SMILES string of the molecule is CC(C)[C@H](c1nnnn1Cc1ccc2c(c1)OCO2)N1CCN(Cc2ccccc2)CC1. The van der Waals surface area contributed by atoms with Crippen molar-refractivity contribution in [2.24, 2.45) is 5.92 Å². The molecule has 0 N–H and O–H groups in total. The molecule has 2 aromatic carbocycles. The van der Waals surface area contributed by atoms with Gasteiger partial charge in [-0.3, -0.25) is 9.80 Å². The van der Waals surface area contributed by atoms with Gasteiger partial charge in [0.15, 0.2) is 17.3 Å². The Morgan fingerprint density at radius 2 is 1.66 bits per heavy atom. The zero-order chi connectivity index (χ0) is 21.9. The van der Waals surface area contributed by atoms with Crippen molar-refractivity contribution in [2.45, 2.75) is 33.0 Å². The van der Waals surface area contributed by atoms with Gasteiger partial charge in [0.05, 0.1) is 12.6 Å². The number of hydrogen-bond acceptors (Lipinski definition) is 7. The fourth-order valence-electron chi connectivity index (χ4n) is 4.67. The van der Waals surface area contributed by atoms with E-state index in [4.69, 9.17) is 9.47 Å². The second kappa shape index (κ2) is 9.26. The highest BCUT2D eigenvalue weighted by Crippen LogP contribution is 2.33. The quantitative estimate of drug-likeness (QED) is 0.566. The molecule has 0 radical (unpaired) electrons. The third-order valence-electron chi connectivity index (χ3n) is 6.27. The molecule has 8 nitrogen and oxygen atoms in total. The number of fused-ring (bicyclic) bond motifs is 1. The van der Waals surface area contributed by atoms with Crippen molar-refractivity contribution in [3.8, 4) is 11.5 Å². The van der Waals surface area contributed by atoms with E-state index in [-0.39, 0.29) is 12.8 Å². The van der Waals surface area contributed by atoms with Crippen molar-refractivity contribution in [3.05, 3.63) is 65.5 Å². The number of ether oxygens (including phenoxy) is 2. The lowest BCUT2D eigenvalue weighted by molar-refractivity contribution is 0.0664. The summed E-state index contributed by atoms with van der Waals surface area (Å²) in [4.78, 5) is 5.06. The van der Waals surface area contributed by atoms with E-state index in [2.05, 4.69) is 69.5 Å². The molecule has 2 aliphatic rings. The van der Waals surface area contributed by atoms with Crippen LogP contribution in [-0.4, -0.2) is 63.0 Å². The summed E-state index contributed by atoms with van der Waals surface area (Å²) < 4.78 is 12.9. The number of rotatable bonds is 7. The Morgan fingerprint density at radius 1 is 0.875 bits per heavy atom. The number of tetrazole rings is 1. The lowest BCUT2D eigenvalue weighted by Crippen LogP contribution is -2.48. The van der Waals surface area contributed by atoms with Crippen molar-refractivity contribution >= 4 is 0 Å². The van der Waals surface area contributed by atoms with Crippen molar-refractivity contribution in [3.63, 3.8) is 0 Å². The van der Waals surface area contributed by atoms with Gasteiger partial charge in [-0.15, -0.1) is 5.10 Å². The van der Waals surface area contributed by atoms with Crippen LogP contribution in [0.1, 0.15) is 36.8 Å². The molecule has 168 valence electrons. The Labute approximate surface area is 188 Å². The van der Waals surface area contributed by atoms with Crippen LogP contribution < -0.4 is 9.47 Å². The molecule has 3 heterocycles. The summed E-state index contributed by atoms with van der Waals surface area (Å²) in [5, 5.41) is 12.8. The maximum absolute atomic E-state index is 5.53. The first-order valence-corrected chi connectivity index (χ1v) is 11.3. The molecule has 0 amide bonds. The minimum Gasteiger partial charge on any atom is -0.454 e. The number of nitrogens with zero attached hydrogens (tertiary/aromatic N) is 6. The predicted molar refractivity (Wildman–Crippen MR) is 120 cm³/mol. The Bertz CT molecular complexity index is 1030. The standard InChI is InChI=1S/C24H30N6O2/c1-18(2)23(29-12-10-28(11-13-29)15-19-6-4-3-5-7-19)24-25-26-27-30(24)16-20-8-9-21-22(14-20)32-17-31-21/h3-9,14,18,23H,10-13,15-17H2,1-2H3/t23-/m1/s1. The molecule has 0 unspecified atom stereocenters. The summed E-state index contributed by atoms with van der Waals surface area (Å²) in [5.41, 5.74) is 2.46. The largest absolute Gasteiger partial charge is 0.454 e. The predicted octanol–water partition coefficient (Wildman–Crippen LogP) is 2.97. The second-order valence-electron chi connectivity index (χ2n) is 8.87. The Balaban J connectivity index is 1.27. The molecule has 1 fully saturated rings. The van der Waals surface area contributed by atoms with Crippen LogP contribution in [0.25, 0.3) is 0 Å². The molecule has 3 aromatic rings. The molecule has 8 heteroatoms. The monoisotopic (exact) mass is 434 g/mol. The van der Waals surface area contributed by atoms with E-state index in [0.717, 1.165) is 55.6 Å². The summed E-state index contributed by atoms with van der Waals surface area (Å²) in [6.45, 7) is 10.5. The van der Waals surface area contributed by atoms with Gasteiger partial charge >= 0.3 is 0 Å². The van der Waals surface area contributed by atoms with E-state index in [1.165, 1.54) is 5.56 Å². The highest BCUT2D eigenvalue weighted by atomic mass is 16.7. The number of hydrogen-bond donors (Lipinski definition) is 0. The molecule has 5 rings (SSSR count). The topological polar surface area (TPSA) is 68.5 Å². The Kier molecular flexibility index (Phi) is 6.05. The van der Waals surface area contributed by atoms with E-state index in [0.29, 0.717) is 12.5 Å². The van der Waals surface area contributed by atoms with Crippen molar-refractivity contribution < 1.29 is 9.47 Å². The molecule has 2 aliphatic heterocycles. The van der Waals surface area contributed by atoms with Gasteiger partial charge in [0.25, 0.3) is 0 Å². The molecule has 1 saturated heterocycles. The summed E-state index contributed by atoms with van der Waals surface area (Å²) >= 11 is 0. The summed E-state index contributed by atoms with van der Waals surface area (Å²) in [6, 6.07) is 16.9. The lowest BCUT2D eigenvalue weighted by atomic mass is 10.0. The smallest absolute Gasteiger partial charge is 0.231 e. The van der Waals surface area contributed by atoms with E-state index >= 15 is 0 Å². The van der Waals surface area contributed by atoms with E-state index in [9.17, 15) is 0 Å². The van der Waals surface area contributed by atoms with Gasteiger partial charge in [0.1, 0.15) is 0 Å². The lowest BCUT2D eigenvalue weighted by Gasteiger charge is -2.40. The molecule has 0 saturated carbocycles. The van der Waals surface area contributed by atoms with Gasteiger partial charge in [0.2, 0.25) is 6.79 Å². The summed E-state index contributed by atoms with van der Waals surface area (Å²) in [6.07, 6.45) is 0. The first kappa shape index (κ1) is 20.9. The van der Waals surface area contributed by atoms with Gasteiger partial charge < -0.3 is 9.47 Å². The van der Waals surface area contributed by atoms with Gasteiger partial charge in [-0.2, -0.15) is 0 Å². The first-order chi connectivity index (χ1) is 15.7. The molecule has 0 spiro atoms. The fourth-order valence-corrected chi connectivity index (χ4v) is 4.67. The average Bonchev–Trinajstić information content (AvgIpc) is 3.45. The van der Waals surface area contributed by atoms with Crippen LogP contribution in [0.5, 0.6) is 11.5 Å². The highest BCUT2D eigenvalue weighted by Gasteiger charge is 2.31. The number of aromatic nitrogens is 4. The van der Waals surface area contributed by atoms with Crippen LogP contribution in [0.4, 0.5) is 0 Å². The average molecular weight is 435 g/mol. The maximum atomic E-state index is 5.53. The van der Waals surface area contributed by atoms with E-state index in [1.807, 2.05) is 22.9 Å². The third kappa shape index (κ3) is 4.47. The summed E-state index contributed by atoms with van der Waals surface area (Å²) in [5.74, 6) is 2.90. The van der Waals surface area contributed by atoms with Crippen LogP contribution in [0.3, 0.4) is 0 Å². The normalized spacial score (nSPS) is 17.7. The summed E-state index contributed by atoms with van der Waals surface area (Å²) in [7, 11) is 0. The Morgan fingerprint density at radius 3 is 2.44 bits per heavy atom. The molecular formula is C24H30N6O2. The van der Waals surface area contributed by atoms with E-state index in [1.54, 1.807) is 0 Å². The number of piperazine rings is 1. The van der Waals surface area contributed by atoms with Gasteiger partial charge in [-0.25, -0.2) is 4.68 Å². The van der Waals surface area contributed by atoms with Crippen LogP contribution in [0.2, 0.25) is 0 Å². The molecule has 0 aliphatic carbocycles. The third-order valence-corrected chi connectivity index (χ3v) is 6.27. The maximum Gasteiger partial charge on any atom is 0.231 e. The minimum absolute atomic E-state index is 0.179. The van der Waals surface area contributed by atoms with Crippen molar-refractivity contribution in [1.82, 2.24) is 30.0 Å². The molecule has 32 heavy (non-hydrogen) atoms. The van der Waals surface area contributed by atoms with Crippen LogP contribution in [0, 0.1) is 5.92 Å². The van der Waals surface area contributed by atoms with Crippen molar-refractivity contribution in [1.29, 1.82) is 0 Å². The van der Waals surface area contributed by atoms with Crippen LogP contribution >= 0.6 is 0 Å².